The fourth-order valence-corrected chi connectivity index (χ4v) is 3.73. The second kappa shape index (κ2) is 7.08. The number of hydrogen-bond acceptors (Lipinski definition) is 6. The van der Waals surface area contributed by atoms with Crippen molar-refractivity contribution in [3.8, 4) is 0 Å². The van der Waals surface area contributed by atoms with E-state index in [0.717, 1.165) is 11.3 Å². The standard InChI is InChI=1S/C15H20N4O3S.ClH/c1-8(20)22-19-13(16)9-3-10(23-7-9)6-17-14(21)11-4-15(2)5-12(15)18-11;/h3,7,11-12,18H,4-6H2,1-2H3,(H2,16,19)(H,17,21);1H/t11-,12-,15+;/m0./s1. The zero-order valence-corrected chi connectivity index (χ0v) is 15.1. The Morgan fingerprint density at radius 2 is 2.25 bits per heavy atom. The van der Waals surface area contributed by atoms with Crippen molar-refractivity contribution >= 4 is 41.5 Å². The number of hydroxylamine groups is 1. The number of hydrogen-bond donors (Lipinski definition) is 4. The summed E-state index contributed by atoms with van der Waals surface area (Å²) in [7, 11) is 0. The van der Waals surface area contributed by atoms with E-state index in [1.165, 1.54) is 24.7 Å². The third-order valence-corrected chi connectivity index (χ3v) is 5.35. The van der Waals surface area contributed by atoms with E-state index >= 15 is 0 Å². The van der Waals surface area contributed by atoms with E-state index in [1.807, 2.05) is 0 Å². The van der Waals surface area contributed by atoms with Crippen LogP contribution in [0.2, 0.25) is 0 Å². The van der Waals surface area contributed by atoms with Crippen LogP contribution in [-0.4, -0.2) is 29.8 Å². The maximum Gasteiger partial charge on any atom is 0.329 e. The van der Waals surface area contributed by atoms with Gasteiger partial charge in [0.05, 0.1) is 12.6 Å². The van der Waals surface area contributed by atoms with Crippen LogP contribution in [0.25, 0.3) is 0 Å². The van der Waals surface area contributed by atoms with Crippen LogP contribution >= 0.6 is 23.7 Å². The van der Waals surface area contributed by atoms with Crippen molar-refractivity contribution in [1.82, 2.24) is 16.1 Å². The van der Waals surface area contributed by atoms with Gasteiger partial charge in [0.2, 0.25) is 5.91 Å². The molecule has 1 saturated carbocycles. The second-order valence-corrected chi connectivity index (χ2v) is 7.42. The third-order valence-electron chi connectivity index (χ3n) is 4.42. The highest BCUT2D eigenvalue weighted by atomic mass is 35.5. The van der Waals surface area contributed by atoms with Gasteiger partial charge in [0.1, 0.15) is 0 Å². The van der Waals surface area contributed by atoms with Crippen molar-refractivity contribution in [2.75, 3.05) is 0 Å². The molecular weight excluding hydrogens is 352 g/mol. The van der Waals surface area contributed by atoms with Crippen molar-refractivity contribution in [3.05, 3.63) is 21.9 Å². The van der Waals surface area contributed by atoms with Gasteiger partial charge in [0.15, 0.2) is 5.84 Å². The first-order valence-corrected chi connectivity index (χ1v) is 8.39. The Bertz CT molecular complexity index is 665. The summed E-state index contributed by atoms with van der Waals surface area (Å²) in [6.07, 6.45) is 2.07. The molecule has 1 aromatic heterocycles. The summed E-state index contributed by atoms with van der Waals surface area (Å²) in [6, 6.07) is 2.20. The molecule has 0 radical (unpaired) electrons. The molecule has 2 heterocycles. The Labute approximate surface area is 150 Å². The Morgan fingerprint density at radius 3 is 2.88 bits per heavy atom. The quantitative estimate of drug-likeness (QED) is 0.362. The van der Waals surface area contributed by atoms with Crippen LogP contribution in [0.3, 0.4) is 0 Å². The zero-order valence-electron chi connectivity index (χ0n) is 13.5. The van der Waals surface area contributed by atoms with E-state index in [4.69, 9.17) is 5.41 Å². The van der Waals surface area contributed by atoms with Crippen molar-refractivity contribution in [1.29, 1.82) is 5.41 Å². The highest BCUT2D eigenvalue weighted by Gasteiger charge is 2.57. The summed E-state index contributed by atoms with van der Waals surface area (Å²) < 4.78 is 0. The summed E-state index contributed by atoms with van der Waals surface area (Å²) in [5.74, 6) is -0.464. The van der Waals surface area contributed by atoms with Gasteiger partial charge in [0.25, 0.3) is 0 Å². The summed E-state index contributed by atoms with van der Waals surface area (Å²) in [5, 5.41) is 15.8. The van der Waals surface area contributed by atoms with Gasteiger partial charge in [-0.2, -0.15) is 0 Å². The molecular formula is C15H21ClN4O3S. The van der Waals surface area contributed by atoms with Crippen LogP contribution < -0.4 is 16.1 Å². The molecule has 132 valence electrons. The Balaban J connectivity index is 0.00000208. The third kappa shape index (κ3) is 4.06. The Hall–Kier alpha value is -1.64. The second-order valence-electron chi connectivity index (χ2n) is 6.42. The molecule has 4 N–H and O–H groups in total. The first-order chi connectivity index (χ1) is 10.9. The molecule has 1 amide bonds. The molecule has 7 nitrogen and oxygen atoms in total. The number of thiophene rings is 1. The smallest absolute Gasteiger partial charge is 0.329 e. The van der Waals surface area contributed by atoms with E-state index in [0.29, 0.717) is 23.6 Å². The number of carbonyl (C=O) groups excluding carboxylic acids is 2. The Morgan fingerprint density at radius 1 is 1.50 bits per heavy atom. The van der Waals surface area contributed by atoms with E-state index in [9.17, 15) is 9.59 Å². The van der Waals surface area contributed by atoms with Crippen molar-refractivity contribution in [2.24, 2.45) is 5.41 Å². The fraction of sp³-hybridized carbons (Fsp3) is 0.533. The number of amides is 1. The molecule has 9 heteroatoms. The van der Waals surface area contributed by atoms with Gasteiger partial charge in [-0.15, -0.1) is 23.7 Å². The average Bonchev–Trinajstić information content (AvgIpc) is 2.89. The highest BCUT2D eigenvalue weighted by Crippen LogP contribution is 2.53. The SMILES string of the molecule is CC(=O)ONC(=N)c1csc(CNC(=O)[C@@H]2C[C@]3(C)C[C@@H]3N2)c1.Cl. The van der Waals surface area contributed by atoms with Gasteiger partial charge in [-0.25, -0.2) is 5.48 Å². The molecule has 0 unspecified atom stereocenters. The van der Waals surface area contributed by atoms with Gasteiger partial charge in [-0.1, -0.05) is 6.92 Å². The lowest BCUT2D eigenvalue weighted by Crippen LogP contribution is -2.41. The van der Waals surface area contributed by atoms with E-state index in [1.54, 1.807) is 11.4 Å². The van der Waals surface area contributed by atoms with E-state index in [-0.39, 0.29) is 30.2 Å². The van der Waals surface area contributed by atoms with Crippen molar-refractivity contribution < 1.29 is 14.4 Å². The predicted octanol–water partition coefficient (Wildman–Crippen LogP) is 1.32. The predicted molar refractivity (Wildman–Crippen MR) is 93.2 cm³/mol. The minimum Gasteiger partial charge on any atom is -0.350 e. The van der Waals surface area contributed by atoms with Crippen LogP contribution in [0.1, 0.15) is 37.1 Å². The number of piperidine rings is 1. The molecule has 3 atom stereocenters. The summed E-state index contributed by atoms with van der Waals surface area (Å²) in [6.45, 7) is 3.91. The monoisotopic (exact) mass is 372 g/mol. The lowest BCUT2D eigenvalue weighted by atomic mass is 10.0. The molecule has 1 aromatic rings. The maximum absolute atomic E-state index is 12.2. The molecule has 24 heavy (non-hydrogen) atoms. The molecule has 0 bridgehead atoms. The van der Waals surface area contributed by atoms with Gasteiger partial charge in [-0.3, -0.25) is 15.0 Å². The first-order valence-electron chi connectivity index (χ1n) is 7.51. The number of halogens is 1. The summed E-state index contributed by atoms with van der Waals surface area (Å²) in [4.78, 5) is 28.4. The molecule has 1 saturated heterocycles. The topological polar surface area (TPSA) is 103 Å². The lowest BCUT2D eigenvalue weighted by Gasteiger charge is -2.13. The summed E-state index contributed by atoms with van der Waals surface area (Å²) >= 11 is 1.45. The number of amidine groups is 1. The normalized spacial score (nSPS) is 26.8. The summed E-state index contributed by atoms with van der Waals surface area (Å²) in [5.41, 5.74) is 3.21. The minimum atomic E-state index is -0.506. The lowest BCUT2D eigenvalue weighted by molar-refractivity contribution is -0.145. The first kappa shape index (κ1) is 18.7. The maximum atomic E-state index is 12.2. The molecule has 0 aromatic carbocycles. The van der Waals surface area contributed by atoms with Crippen molar-refractivity contribution in [3.63, 3.8) is 0 Å². The fourth-order valence-electron chi connectivity index (χ4n) is 2.91. The van der Waals surface area contributed by atoms with Gasteiger partial charge >= 0.3 is 5.97 Å². The largest absolute Gasteiger partial charge is 0.350 e. The zero-order chi connectivity index (χ0) is 16.6. The van der Waals surface area contributed by atoms with Crippen molar-refractivity contribution in [2.45, 2.75) is 45.3 Å². The average molecular weight is 373 g/mol. The van der Waals surface area contributed by atoms with E-state index < -0.39 is 5.97 Å². The minimum absolute atomic E-state index is 0. The van der Waals surface area contributed by atoms with Gasteiger partial charge < -0.3 is 15.5 Å². The number of fused-ring (bicyclic) bond motifs is 1. The molecule has 1 aliphatic heterocycles. The molecule has 0 spiro atoms. The number of rotatable bonds is 4. The van der Waals surface area contributed by atoms with Crippen LogP contribution in [0.5, 0.6) is 0 Å². The van der Waals surface area contributed by atoms with Gasteiger partial charge in [0, 0.05) is 28.8 Å². The van der Waals surface area contributed by atoms with Crippen LogP contribution in [-0.2, 0) is 21.0 Å². The van der Waals surface area contributed by atoms with Crippen LogP contribution in [0.15, 0.2) is 11.4 Å². The van der Waals surface area contributed by atoms with Gasteiger partial charge in [-0.05, 0) is 24.3 Å². The number of nitrogens with one attached hydrogen (secondary N) is 4. The molecule has 2 fully saturated rings. The highest BCUT2D eigenvalue weighted by molar-refractivity contribution is 7.10. The molecule has 2 aliphatic rings. The Kier molecular flexibility index (Phi) is 5.52. The van der Waals surface area contributed by atoms with Crippen LogP contribution in [0.4, 0.5) is 0 Å². The molecule has 3 rings (SSSR count). The van der Waals surface area contributed by atoms with E-state index in [2.05, 4.69) is 27.9 Å². The van der Waals surface area contributed by atoms with Crippen LogP contribution in [0, 0.1) is 10.8 Å². The molecule has 1 aliphatic carbocycles. The number of carbonyl (C=O) groups is 2.